The number of carbonyl (C=O) groups excluding carboxylic acids is 1. The molecular weight excluding hydrogens is 135 g/mol. The number of carbonyl (C=O) groups is 1. The topological polar surface area (TPSA) is 68.0 Å². The normalized spacial score (nSPS) is 8.90. The summed E-state index contributed by atoms with van der Waals surface area (Å²) in [7, 11) is 0. The number of amides is 1. The first-order valence-corrected chi connectivity index (χ1v) is 2.75. The van der Waals surface area contributed by atoms with Gasteiger partial charge in [0.15, 0.2) is 0 Å². The van der Waals surface area contributed by atoms with Crippen molar-refractivity contribution in [2.24, 2.45) is 5.84 Å². The van der Waals surface area contributed by atoms with E-state index in [2.05, 4.69) is 4.98 Å². The molecule has 0 bridgehead atoms. The number of nitrogens with two attached hydrogens (primary N) is 1. The van der Waals surface area contributed by atoms with Gasteiger partial charge in [-0.25, -0.2) is 5.84 Å². The fraction of sp³-hybridized carbons (Fsp3) is 0. The Balaban J connectivity index is 2.85. The summed E-state index contributed by atoms with van der Waals surface area (Å²) in [6, 6.07) is 3.17. The SMILES string of the molecule is [15NH2][15NH][13C](=[18O])c1ccncc1. The van der Waals surface area contributed by atoms with Crippen LogP contribution in [0.25, 0.3) is 0 Å². The standard InChI is InChI=1S/C6H7N3O/c7-9-6(10)5-1-3-8-4-2-5/h1-4H,7H2,(H,9,10)/i6+1,7+1,9+1,10+2. The molecule has 0 aliphatic heterocycles. The predicted octanol–water partition coefficient (Wildman–Crippen LogP) is -0.315. The lowest BCUT2D eigenvalue weighted by Gasteiger charge is -1.95. The molecule has 4 nitrogen and oxygen atoms in total. The van der Waals surface area contributed by atoms with Crippen molar-refractivity contribution in [2.75, 3.05) is 0 Å². The molecule has 0 aliphatic rings. The zero-order valence-electron chi connectivity index (χ0n) is 5.24. The van der Waals surface area contributed by atoms with Crippen molar-refractivity contribution in [2.45, 2.75) is 0 Å². The smallest absolute Gasteiger partial charge is 0.265 e. The molecule has 0 atom stereocenters. The Hall–Kier alpha value is -1.42. The third-order valence-electron chi connectivity index (χ3n) is 1.07. The number of nitrogens with zero attached hydrogens (tertiary/aromatic N) is 1. The van der Waals surface area contributed by atoms with Crippen LogP contribution in [0, 0.1) is 0 Å². The van der Waals surface area contributed by atoms with Crippen LogP contribution in [0.15, 0.2) is 24.5 Å². The van der Waals surface area contributed by atoms with E-state index in [4.69, 9.17) is 5.84 Å². The van der Waals surface area contributed by atoms with Crippen molar-refractivity contribution < 1.29 is 4.79 Å². The second-order valence-corrected chi connectivity index (χ2v) is 1.71. The lowest BCUT2D eigenvalue weighted by molar-refractivity contribution is 0.0953. The van der Waals surface area contributed by atoms with Gasteiger partial charge in [0.1, 0.15) is 0 Å². The molecule has 0 spiro atoms. The predicted molar refractivity (Wildman–Crippen MR) is 35.9 cm³/mol. The van der Waals surface area contributed by atoms with Gasteiger partial charge < -0.3 is 0 Å². The minimum atomic E-state index is -0.303. The molecular formula is C6H7N3O. The van der Waals surface area contributed by atoms with Crippen LogP contribution in [0.4, 0.5) is 0 Å². The maximum Gasteiger partial charge on any atom is 0.265 e. The van der Waals surface area contributed by atoms with E-state index in [9.17, 15) is 4.79 Å². The molecule has 10 heavy (non-hydrogen) atoms. The molecule has 0 aromatic carbocycles. The summed E-state index contributed by atoms with van der Waals surface area (Å²) in [6.07, 6.45) is 3.06. The molecule has 4 heteroatoms. The third kappa shape index (κ3) is 1.29. The van der Waals surface area contributed by atoms with Crippen molar-refractivity contribution in [1.29, 1.82) is 0 Å². The number of aromatic nitrogens is 1. The molecule has 3 N–H and O–H groups in total. The monoisotopic (exact) mass is 142 g/mol. The fourth-order valence-electron chi connectivity index (χ4n) is 0.587. The Kier molecular flexibility index (Phi) is 1.96. The average molecular weight is 142 g/mol. The van der Waals surface area contributed by atoms with Gasteiger partial charge in [0, 0.05) is 18.0 Å². The van der Waals surface area contributed by atoms with Crippen LogP contribution in [0.5, 0.6) is 0 Å². The Bertz CT molecular complexity index is 222. The molecule has 1 heterocycles. The first-order chi connectivity index (χ1) is 4.84. The van der Waals surface area contributed by atoms with Gasteiger partial charge >= 0.3 is 0 Å². The molecule has 1 rings (SSSR count). The van der Waals surface area contributed by atoms with Gasteiger partial charge in [-0.15, -0.1) is 0 Å². The summed E-state index contributed by atoms with van der Waals surface area (Å²) in [6.45, 7) is 0. The quantitative estimate of drug-likeness (QED) is 0.141. The Morgan fingerprint density at radius 3 is 2.60 bits per heavy atom. The molecule has 0 saturated heterocycles. The second kappa shape index (κ2) is 2.93. The first kappa shape index (κ1) is 6.70. The van der Waals surface area contributed by atoms with E-state index < -0.39 is 0 Å². The van der Waals surface area contributed by atoms with Crippen molar-refractivity contribution in [3.8, 4) is 0 Å². The van der Waals surface area contributed by atoms with Gasteiger partial charge in [-0.1, -0.05) is 0 Å². The van der Waals surface area contributed by atoms with Gasteiger partial charge in [0.2, 0.25) is 0 Å². The van der Waals surface area contributed by atoms with Crippen molar-refractivity contribution in [3.63, 3.8) is 0 Å². The van der Waals surface area contributed by atoms with Crippen LogP contribution < -0.4 is 11.3 Å². The molecule has 1 aromatic rings. The van der Waals surface area contributed by atoms with Crippen LogP contribution in [0.1, 0.15) is 10.4 Å². The van der Waals surface area contributed by atoms with Gasteiger partial charge in [0.05, 0.1) is 0 Å². The van der Waals surface area contributed by atoms with E-state index >= 15 is 0 Å². The Labute approximate surface area is 58.0 Å². The number of pyridine rings is 1. The summed E-state index contributed by atoms with van der Waals surface area (Å²) < 4.78 is 0. The van der Waals surface area contributed by atoms with Crippen LogP contribution in [-0.4, -0.2) is 10.9 Å². The molecule has 1 aromatic heterocycles. The van der Waals surface area contributed by atoms with Crippen LogP contribution >= 0.6 is 0 Å². The molecule has 0 fully saturated rings. The summed E-state index contributed by atoms with van der Waals surface area (Å²) in [4.78, 5) is 14.5. The number of hydrazine groups is 1. The van der Waals surface area contributed by atoms with Gasteiger partial charge in [-0.2, -0.15) is 0 Å². The van der Waals surface area contributed by atoms with E-state index in [1.807, 2.05) is 5.43 Å². The van der Waals surface area contributed by atoms with E-state index in [1.165, 1.54) is 12.4 Å². The van der Waals surface area contributed by atoms with Gasteiger partial charge in [-0.3, -0.25) is 15.2 Å². The Morgan fingerprint density at radius 2 is 2.10 bits per heavy atom. The third-order valence-corrected chi connectivity index (χ3v) is 1.07. The number of rotatable bonds is 1. The molecule has 0 radical (unpaired) electrons. The summed E-state index contributed by atoms with van der Waals surface area (Å²) in [5, 5.41) is 0. The van der Waals surface area contributed by atoms with Crippen molar-refractivity contribution >= 4 is 5.91 Å². The number of nitrogens with one attached hydrogen (secondary N) is 1. The number of nitrogen functional groups attached to an aromatic ring is 1. The lowest BCUT2D eigenvalue weighted by Crippen LogP contribution is -2.29. The maximum atomic E-state index is 10.7. The highest BCUT2D eigenvalue weighted by atomic mass is 18.1. The highest BCUT2D eigenvalue weighted by molar-refractivity contribution is 5.93. The highest BCUT2D eigenvalue weighted by Crippen LogP contribution is 1.93. The fourth-order valence-corrected chi connectivity index (χ4v) is 0.587. The van der Waals surface area contributed by atoms with Crippen LogP contribution in [-0.2, 0) is 0 Å². The van der Waals surface area contributed by atoms with E-state index in [-0.39, 0.29) is 5.91 Å². The summed E-state index contributed by atoms with van der Waals surface area (Å²) in [5.41, 5.74) is 2.53. The van der Waals surface area contributed by atoms with Gasteiger partial charge in [-0.05, 0) is 12.1 Å². The summed E-state index contributed by atoms with van der Waals surface area (Å²) >= 11 is 0. The number of hydrogen-bond acceptors (Lipinski definition) is 3. The zero-order valence-corrected chi connectivity index (χ0v) is 5.24. The molecule has 0 saturated carbocycles. The number of hydrogen-bond donors (Lipinski definition) is 2. The summed E-state index contributed by atoms with van der Waals surface area (Å²) in [5.74, 6) is 4.58. The van der Waals surface area contributed by atoms with E-state index in [0.717, 1.165) is 0 Å². The second-order valence-electron chi connectivity index (χ2n) is 1.71. The average Bonchev–Trinajstić information content (AvgIpc) is 2.05. The van der Waals surface area contributed by atoms with Gasteiger partial charge in [0.25, 0.3) is 5.91 Å². The lowest BCUT2D eigenvalue weighted by atomic mass is 10.4. The molecule has 52 valence electrons. The van der Waals surface area contributed by atoms with Crippen molar-refractivity contribution in [3.05, 3.63) is 30.1 Å². The van der Waals surface area contributed by atoms with Crippen LogP contribution in [0.3, 0.4) is 0 Å². The zero-order chi connectivity index (χ0) is 7.40. The molecule has 0 aliphatic carbocycles. The van der Waals surface area contributed by atoms with E-state index in [1.54, 1.807) is 12.1 Å². The maximum absolute atomic E-state index is 10.7. The Morgan fingerprint density at radius 1 is 1.50 bits per heavy atom. The minimum Gasteiger partial charge on any atom is -0.290 e. The largest absolute Gasteiger partial charge is 0.290 e. The minimum absolute atomic E-state index is 0.303. The van der Waals surface area contributed by atoms with E-state index in [0.29, 0.717) is 5.56 Å². The highest BCUT2D eigenvalue weighted by Gasteiger charge is 1.98. The molecule has 0 unspecified atom stereocenters. The van der Waals surface area contributed by atoms with Crippen LogP contribution in [0.2, 0.25) is 0 Å². The first-order valence-electron chi connectivity index (χ1n) is 2.75. The van der Waals surface area contributed by atoms with Crippen molar-refractivity contribution in [1.82, 2.24) is 10.4 Å². The molecule has 1 amide bonds.